The lowest BCUT2D eigenvalue weighted by Crippen LogP contribution is -2.25. The summed E-state index contributed by atoms with van der Waals surface area (Å²) in [6.07, 6.45) is 8.40. The SMILES string of the molecule is COc1cc2nccc(Oc3ccc(CC(=O)c4cn(CC5CCS(=O)CC5)cc(-c5ccc(C)cc5)c4=O)nc3)c2cc1OC. The maximum absolute atomic E-state index is 13.7. The van der Waals surface area contributed by atoms with E-state index in [1.165, 1.54) is 0 Å². The Bertz CT molecular complexity index is 1960. The van der Waals surface area contributed by atoms with Gasteiger partial charge in [-0.2, -0.15) is 0 Å². The second kappa shape index (κ2) is 13.7. The fraction of sp³-hybridized carbons (Fsp3) is 0.278. The fourth-order valence-electron chi connectivity index (χ4n) is 5.70. The summed E-state index contributed by atoms with van der Waals surface area (Å²) in [5.74, 6) is 3.58. The molecule has 1 fully saturated rings. The topological polar surface area (TPSA) is 110 Å². The molecule has 4 heterocycles. The lowest BCUT2D eigenvalue weighted by Gasteiger charge is -2.23. The zero-order chi connectivity index (χ0) is 32.2. The van der Waals surface area contributed by atoms with E-state index in [9.17, 15) is 13.8 Å². The average Bonchev–Trinajstić information content (AvgIpc) is 3.07. The zero-order valence-corrected chi connectivity index (χ0v) is 26.8. The Morgan fingerprint density at radius 1 is 0.935 bits per heavy atom. The third kappa shape index (κ3) is 6.87. The van der Waals surface area contributed by atoms with Gasteiger partial charge in [0.15, 0.2) is 22.7 Å². The van der Waals surface area contributed by atoms with Gasteiger partial charge >= 0.3 is 0 Å². The normalized spacial score (nSPS) is 16.2. The minimum atomic E-state index is -0.758. The number of hydrogen-bond donors (Lipinski definition) is 0. The van der Waals surface area contributed by atoms with Crippen molar-refractivity contribution in [3.8, 4) is 34.1 Å². The number of carbonyl (C=O) groups excluding carboxylic acids is 1. The maximum atomic E-state index is 13.7. The lowest BCUT2D eigenvalue weighted by atomic mass is 9.99. The first kappa shape index (κ1) is 31.2. The Kier molecular flexibility index (Phi) is 9.25. The summed E-state index contributed by atoms with van der Waals surface area (Å²) in [7, 11) is 2.38. The number of hydrogen-bond acceptors (Lipinski definition) is 8. The predicted molar refractivity (Wildman–Crippen MR) is 179 cm³/mol. The molecule has 0 aliphatic carbocycles. The lowest BCUT2D eigenvalue weighted by molar-refractivity contribution is 0.0990. The van der Waals surface area contributed by atoms with Crippen molar-refractivity contribution < 1.29 is 23.2 Å². The molecule has 0 N–H and O–H groups in total. The van der Waals surface area contributed by atoms with Gasteiger partial charge in [0.05, 0.1) is 37.9 Å². The van der Waals surface area contributed by atoms with Gasteiger partial charge in [0.25, 0.3) is 0 Å². The Balaban J connectivity index is 1.24. The van der Waals surface area contributed by atoms with Crippen LogP contribution in [0.25, 0.3) is 22.0 Å². The van der Waals surface area contributed by atoms with Crippen molar-refractivity contribution in [2.45, 2.75) is 32.7 Å². The summed E-state index contributed by atoms with van der Waals surface area (Å²) < 4.78 is 30.8. The molecule has 6 rings (SSSR count). The number of nitrogens with zero attached hydrogens (tertiary/aromatic N) is 3. The number of ketones is 1. The Morgan fingerprint density at radius 3 is 2.37 bits per heavy atom. The highest BCUT2D eigenvalue weighted by atomic mass is 32.2. The van der Waals surface area contributed by atoms with Gasteiger partial charge < -0.3 is 18.8 Å². The van der Waals surface area contributed by atoms with E-state index in [1.807, 2.05) is 48.0 Å². The molecule has 236 valence electrons. The number of methoxy groups -OCH3 is 2. The summed E-state index contributed by atoms with van der Waals surface area (Å²) in [5.41, 5.74) is 3.37. The summed E-state index contributed by atoms with van der Waals surface area (Å²) in [6.45, 7) is 2.65. The number of aromatic nitrogens is 3. The molecule has 0 atom stereocenters. The molecule has 10 heteroatoms. The Morgan fingerprint density at radius 2 is 1.67 bits per heavy atom. The van der Waals surface area contributed by atoms with E-state index in [0.717, 1.165) is 29.4 Å². The molecule has 0 radical (unpaired) electrons. The van der Waals surface area contributed by atoms with Crippen LogP contribution in [-0.2, 0) is 23.8 Å². The molecule has 9 nitrogen and oxygen atoms in total. The summed E-state index contributed by atoms with van der Waals surface area (Å²) in [6, 6.07) is 16.6. The van der Waals surface area contributed by atoms with Crippen LogP contribution < -0.4 is 19.6 Å². The van der Waals surface area contributed by atoms with Crippen LogP contribution in [0.5, 0.6) is 23.0 Å². The van der Waals surface area contributed by atoms with Crippen LogP contribution in [0, 0.1) is 12.8 Å². The molecular weight excluding hydrogens is 602 g/mol. The molecule has 0 amide bonds. The fourth-order valence-corrected chi connectivity index (χ4v) is 7.09. The van der Waals surface area contributed by atoms with Gasteiger partial charge in [-0.05, 0) is 55.5 Å². The van der Waals surface area contributed by atoms with Crippen molar-refractivity contribution in [3.63, 3.8) is 0 Å². The number of rotatable bonds is 10. The third-order valence-electron chi connectivity index (χ3n) is 8.29. The number of carbonyl (C=O) groups is 1. The quantitative estimate of drug-likeness (QED) is 0.168. The monoisotopic (exact) mass is 637 g/mol. The average molecular weight is 638 g/mol. The van der Waals surface area contributed by atoms with Crippen molar-refractivity contribution in [2.24, 2.45) is 5.92 Å². The number of aryl methyl sites for hydroxylation is 1. The molecule has 1 aliphatic heterocycles. The molecular formula is C36H35N3O6S. The van der Waals surface area contributed by atoms with Gasteiger partial charge in [-0.1, -0.05) is 29.8 Å². The van der Waals surface area contributed by atoms with E-state index in [-0.39, 0.29) is 23.2 Å². The largest absolute Gasteiger partial charge is 0.493 e. The molecule has 0 unspecified atom stereocenters. The van der Waals surface area contributed by atoms with Crippen LogP contribution in [0.15, 0.2) is 84.2 Å². The van der Waals surface area contributed by atoms with Gasteiger partial charge in [0.1, 0.15) is 11.5 Å². The molecule has 46 heavy (non-hydrogen) atoms. The van der Waals surface area contributed by atoms with Crippen LogP contribution in [0.4, 0.5) is 0 Å². The van der Waals surface area contributed by atoms with E-state index < -0.39 is 10.8 Å². The third-order valence-corrected chi connectivity index (χ3v) is 9.67. The number of Topliss-reactive ketones (excluding diaryl/α,β-unsaturated/α-hetero) is 1. The van der Waals surface area contributed by atoms with Gasteiger partial charge in [-0.3, -0.25) is 23.8 Å². The van der Waals surface area contributed by atoms with Gasteiger partial charge in [0.2, 0.25) is 0 Å². The predicted octanol–water partition coefficient (Wildman–Crippen LogP) is 6.16. The van der Waals surface area contributed by atoms with E-state index >= 15 is 0 Å². The van der Waals surface area contributed by atoms with Crippen LogP contribution in [-0.4, -0.2) is 50.3 Å². The van der Waals surface area contributed by atoms with Crippen molar-refractivity contribution in [2.75, 3.05) is 25.7 Å². The highest BCUT2D eigenvalue weighted by Gasteiger charge is 2.21. The van der Waals surface area contributed by atoms with Crippen LogP contribution >= 0.6 is 0 Å². The van der Waals surface area contributed by atoms with Crippen LogP contribution in [0.2, 0.25) is 0 Å². The first-order valence-electron chi connectivity index (χ1n) is 15.1. The summed E-state index contributed by atoms with van der Waals surface area (Å²) in [5, 5.41) is 0.741. The maximum Gasteiger partial charge on any atom is 0.200 e. The highest BCUT2D eigenvalue weighted by molar-refractivity contribution is 7.85. The summed E-state index contributed by atoms with van der Waals surface area (Å²) >= 11 is 0. The minimum absolute atomic E-state index is 0.0372. The first-order valence-corrected chi connectivity index (χ1v) is 16.6. The smallest absolute Gasteiger partial charge is 0.200 e. The zero-order valence-electron chi connectivity index (χ0n) is 26.0. The second-order valence-corrected chi connectivity index (χ2v) is 13.2. The van der Waals surface area contributed by atoms with Crippen LogP contribution in [0.3, 0.4) is 0 Å². The van der Waals surface area contributed by atoms with Crippen molar-refractivity contribution in [3.05, 3.63) is 106 Å². The molecule has 0 bridgehead atoms. The number of pyridine rings is 3. The van der Waals surface area contributed by atoms with Crippen molar-refractivity contribution in [1.29, 1.82) is 0 Å². The number of fused-ring (bicyclic) bond motifs is 1. The number of benzene rings is 2. The second-order valence-electron chi connectivity index (χ2n) is 11.5. The minimum Gasteiger partial charge on any atom is -0.493 e. The molecule has 0 spiro atoms. The summed E-state index contributed by atoms with van der Waals surface area (Å²) in [4.78, 5) is 36.2. The molecule has 3 aromatic heterocycles. The van der Waals surface area contributed by atoms with Gasteiger partial charge in [-0.25, -0.2) is 0 Å². The standard InChI is InChI=1S/C36H35N3O6S/c1-23-4-6-25(7-5-23)29-21-39(20-24-11-14-46(42)15-12-24)22-30(36(29)41)32(40)16-26-8-9-27(19-38-26)45-33-10-13-37-31-18-35(44-3)34(43-2)17-28(31)33/h4-10,13,17-19,21-22,24H,11-12,14-16,20H2,1-3H3. The van der Waals surface area contributed by atoms with E-state index in [0.29, 0.717) is 63.7 Å². The van der Waals surface area contributed by atoms with E-state index in [2.05, 4.69) is 9.97 Å². The van der Waals surface area contributed by atoms with Crippen molar-refractivity contribution in [1.82, 2.24) is 14.5 Å². The number of ether oxygens (including phenoxy) is 3. The van der Waals surface area contributed by atoms with Crippen molar-refractivity contribution >= 4 is 27.5 Å². The van der Waals surface area contributed by atoms with E-state index in [1.54, 1.807) is 57.1 Å². The van der Waals surface area contributed by atoms with Gasteiger partial charge in [-0.15, -0.1) is 0 Å². The molecule has 2 aromatic carbocycles. The van der Waals surface area contributed by atoms with E-state index in [4.69, 9.17) is 14.2 Å². The highest BCUT2D eigenvalue weighted by Crippen LogP contribution is 2.36. The van der Waals surface area contributed by atoms with Crippen LogP contribution in [0.1, 0.15) is 34.5 Å². The van der Waals surface area contributed by atoms with Gasteiger partial charge in [0, 0.05) is 70.2 Å². The molecule has 5 aromatic rings. The Labute approximate surface area is 269 Å². The molecule has 1 saturated heterocycles. The molecule has 0 saturated carbocycles. The first-order chi connectivity index (χ1) is 22.3. The molecule has 1 aliphatic rings. The Hall–Kier alpha value is -4.83.